The Bertz CT molecular complexity index is 1620. The van der Waals surface area contributed by atoms with Crippen LogP contribution >= 0.6 is 11.6 Å². The summed E-state index contributed by atoms with van der Waals surface area (Å²) in [7, 11) is 4.02. The van der Waals surface area contributed by atoms with E-state index in [1.165, 1.54) is 0 Å². The second-order valence-electron chi connectivity index (χ2n) is 9.40. The first-order chi connectivity index (χ1) is 18.4. The third kappa shape index (κ3) is 5.52. The molecule has 2 N–H and O–H groups in total. The van der Waals surface area contributed by atoms with Crippen molar-refractivity contribution < 1.29 is 4.79 Å². The fourth-order valence-electron chi connectivity index (χ4n) is 4.37. The molecule has 0 aliphatic heterocycles. The van der Waals surface area contributed by atoms with E-state index in [2.05, 4.69) is 15.5 Å². The minimum atomic E-state index is -0.146. The lowest BCUT2D eigenvalue weighted by Crippen LogP contribution is -2.16. The molecular formula is C31H28ClN5O. The lowest BCUT2D eigenvalue weighted by atomic mass is 10.1. The molecule has 1 amide bonds. The second kappa shape index (κ2) is 11.0. The molecule has 7 heteroatoms. The zero-order chi connectivity index (χ0) is 26.6. The van der Waals surface area contributed by atoms with Gasteiger partial charge < -0.3 is 15.5 Å². The van der Waals surface area contributed by atoms with Crippen molar-refractivity contribution in [1.29, 1.82) is 0 Å². The summed E-state index contributed by atoms with van der Waals surface area (Å²) in [5.74, 6) is 0.326. The molecule has 1 aromatic heterocycles. The monoisotopic (exact) mass is 521 g/mol. The number of nitrogens with zero attached hydrogens (tertiary/aromatic N) is 3. The van der Waals surface area contributed by atoms with Gasteiger partial charge in [0.25, 0.3) is 5.91 Å². The van der Waals surface area contributed by atoms with Crippen molar-refractivity contribution in [3.05, 3.63) is 113 Å². The van der Waals surface area contributed by atoms with Crippen LogP contribution in [-0.2, 0) is 6.54 Å². The molecule has 190 valence electrons. The van der Waals surface area contributed by atoms with Crippen molar-refractivity contribution in [2.45, 2.75) is 13.5 Å². The predicted molar refractivity (Wildman–Crippen MR) is 156 cm³/mol. The van der Waals surface area contributed by atoms with Gasteiger partial charge in [-0.15, -0.1) is 0 Å². The highest BCUT2D eigenvalue weighted by atomic mass is 35.5. The van der Waals surface area contributed by atoms with E-state index in [4.69, 9.17) is 21.6 Å². The van der Waals surface area contributed by atoms with Crippen LogP contribution in [0, 0.1) is 6.92 Å². The van der Waals surface area contributed by atoms with Crippen LogP contribution in [0.15, 0.2) is 91.0 Å². The standard InChI is InChI=1S/C31H28ClN5O/c1-20-17-28(22(19-37(2)3)18-27(20)33-30(38)21-11-5-4-6-12-21)35-31-34-26-16-10-8-14-24(26)29(36-31)23-13-7-9-15-25(23)32/h4-18H,19H2,1-3H3,(H,33,38)(H,34,35,36). The largest absolute Gasteiger partial charge is 0.324 e. The van der Waals surface area contributed by atoms with Crippen molar-refractivity contribution in [2.24, 2.45) is 0 Å². The van der Waals surface area contributed by atoms with Crippen molar-refractivity contribution >= 4 is 45.7 Å². The van der Waals surface area contributed by atoms with Gasteiger partial charge in [0.1, 0.15) is 0 Å². The van der Waals surface area contributed by atoms with Crippen molar-refractivity contribution in [2.75, 3.05) is 24.7 Å². The van der Waals surface area contributed by atoms with Crippen LogP contribution in [0.5, 0.6) is 0 Å². The van der Waals surface area contributed by atoms with Crippen molar-refractivity contribution in [3.8, 4) is 11.3 Å². The van der Waals surface area contributed by atoms with Gasteiger partial charge in [0.2, 0.25) is 5.95 Å². The number of para-hydroxylation sites is 1. The minimum Gasteiger partial charge on any atom is -0.324 e. The molecule has 0 unspecified atom stereocenters. The second-order valence-corrected chi connectivity index (χ2v) is 9.81. The summed E-state index contributed by atoms with van der Waals surface area (Å²) in [4.78, 5) is 24.6. The molecule has 0 spiro atoms. The molecule has 0 radical (unpaired) electrons. The van der Waals surface area contributed by atoms with Gasteiger partial charge in [0.05, 0.1) is 11.2 Å². The SMILES string of the molecule is Cc1cc(Nc2nc(-c3ccccc3Cl)c3ccccc3n2)c(CN(C)C)cc1NC(=O)c1ccccc1. The van der Waals surface area contributed by atoms with E-state index in [1.807, 2.05) is 99.9 Å². The molecule has 0 fully saturated rings. The number of hydrogen-bond donors (Lipinski definition) is 2. The number of rotatable bonds is 7. The van der Waals surface area contributed by atoms with Crippen LogP contribution in [0.2, 0.25) is 5.02 Å². The molecule has 1 heterocycles. The van der Waals surface area contributed by atoms with E-state index in [0.717, 1.165) is 44.7 Å². The number of aryl methyl sites for hydroxylation is 1. The van der Waals surface area contributed by atoms with Gasteiger partial charge in [-0.25, -0.2) is 9.97 Å². The molecule has 0 aliphatic rings. The number of benzene rings is 4. The number of nitrogens with one attached hydrogen (secondary N) is 2. The first-order valence-electron chi connectivity index (χ1n) is 12.3. The van der Waals surface area contributed by atoms with Crippen LogP contribution in [0.3, 0.4) is 0 Å². The van der Waals surface area contributed by atoms with Crippen LogP contribution in [0.25, 0.3) is 22.2 Å². The average molecular weight is 522 g/mol. The summed E-state index contributed by atoms with van der Waals surface area (Å²) in [6.45, 7) is 2.63. The van der Waals surface area contributed by atoms with E-state index in [-0.39, 0.29) is 5.91 Å². The molecule has 5 rings (SSSR count). The Labute approximate surface area is 227 Å². The summed E-state index contributed by atoms with van der Waals surface area (Å²) in [6, 6.07) is 28.8. The molecule has 38 heavy (non-hydrogen) atoms. The van der Waals surface area contributed by atoms with Crippen molar-refractivity contribution in [3.63, 3.8) is 0 Å². The maximum Gasteiger partial charge on any atom is 0.255 e. The number of halogens is 1. The number of carbonyl (C=O) groups is 1. The summed E-state index contributed by atoms with van der Waals surface area (Å²) in [6.07, 6.45) is 0. The van der Waals surface area contributed by atoms with E-state index in [9.17, 15) is 4.79 Å². The van der Waals surface area contributed by atoms with Gasteiger partial charge >= 0.3 is 0 Å². The van der Waals surface area contributed by atoms with Crippen LogP contribution in [-0.4, -0.2) is 34.9 Å². The normalized spacial score (nSPS) is 11.1. The van der Waals surface area contributed by atoms with Gasteiger partial charge in [-0.1, -0.05) is 66.2 Å². The van der Waals surface area contributed by atoms with Crippen LogP contribution < -0.4 is 10.6 Å². The fraction of sp³-hybridized carbons (Fsp3) is 0.129. The van der Waals surface area contributed by atoms with Gasteiger partial charge in [-0.05, 0) is 68.5 Å². The number of carbonyl (C=O) groups excluding carboxylic acids is 1. The number of anilines is 3. The number of aromatic nitrogens is 2. The summed E-state index contributed by atoms with van der Waals surface area (Å²) >= 11 is 6.56. The highest BCUT2D eigenvalue weighted by Gasteiger charge is 2.16. The van der Waals surface area contributed by atoms with Crippen molar-refractivity contribution in [1.82, 2.24) is 14.9 Å². The third-order valence-corrected chi connectivity index (χ3v) is 6.53. The van der Waals surface area contributed by atoms with E-state index < -0.39 is 0 Å². The quantitative estimate of drug-likeness (QED) is 0.235. The smallest absolute Gasteiger partial charge is 0.255 e. The maximum atomic E-state index is 12.8. The summed E-state index contributed by atoms with van der Waals surface area (Å²) in [5, 5.41) is 8.06. The first kappa shape index (κ1) is 25.4. The maximum absolute atomic E-state index is 12.8. The zero-order valence-corrected chi connectivity index (χ0v) is 22.3. The van der Waals surface area contributed by atoms with E-state index >= 15 is 0 Å². The average Bonchev–Trinajstić information content (AvgIpc) is 2.91. The Kier molecular flexibility index (Phi) is 7.36. The molecule has 0 saturated heterocycles. The molecule has 0 bridgehead atoms. The zero-order valence-electron chi connectivity index (χ0n) is 21.5. The van der Waals surface area contributed by atoms with E-state index in [0.29, 0.717) is 23.1 Å². The lowest BCUT2D eigenvalue weighted by Gasteiger charge is -2.19. The highest BCUT2D eigenvalue weighted by molar-refractivity contribution is 6.33. The molecule has 4 aromatic carbocycles. The molecule has 0 atom stereocenters. The summed E-state index contributed by atoms with van der Waals surface area (Å²) in [5.41, 5.74) is 6.59. The summed E-state index contributed by atoms with van der Waals surface area (Å²) < 4.78 is 0. The number of hydrogen-bond acceptors (Lipinski definition) is 5. The lowest BCUT2D eigenvalue weighted by molar-refractivity contribution is 0.102. The first-order valence-corrected chi connectivity index (χ1v) is 12.7. The molecular weight excluding hydrogens is 494 g/mol. The van der Waals surface area contributed by atoms with Gasteiger partial charge in [-0.2, -0.15) is 0 Å². The van der Waals surface area contributed by atoms with E-state index in [1.54, 1.807) is 12.1 Å². The van der Waals surface area contributed by atoms with Crippen LogP contribution in [0.1, 0.15) is 21.5 Å². The third-order valence-electron chi connectivity index (χ3n) is 6.20. The van der Waals surface area contributed by atoms with Gasteiger partial charge in [-0.3, -0.25) is 4.79 Å². The Balaban J connectivity index is 1.55. The molecule has 6 nitrogen and oxygen atoms in total. The Morgan fingerprint density at radius 3 is 2.34 bits per heavy atom. The Morgan fingerprint density at radius 2 is 1.58 bits per heavy atom. The molecule has 5 aromatic rings. The highest BCUT2D eigenvalue weighted by Crippen LogP contribution is 2.34. The van der Waals surface area contributed by atoms with Gasteiger partial charge in [0, 0.05) is 39.5 Å². The van der Waals surface area contributed by atoms with Gasteiger partial charge in [0.15, 0.2) is 0 Å². The Morgan fingerprint density at radius 1 is 0.868 bits per heavy atom. The predicted octanol–water partition coefficient (Wildman–Crippen LogP) is 7.32. The van der Waals surface area contributed by atoms with Crippen LogP contribution in [0.4, 0.5) is 17.3 Å². The fourth-order valence-corrected chi connectivity index (χ4v) is 4.60. The number of amides is 1. The molecule has 0 saturated carbocycles. The minimum absolute atomic E-state index is 0.146. The topological polar surface area (TPSA) is 70.2 Å². The Hall–Kier alpha value is -4.26. The number of fused-ring (bicyclic) bond motifs is 1. The molecule has 0 aliphatic carbocycles.